The smallest absolute Gasteiger partial charge is 0.262 e. The van der Waals surface area contributed by atoms with Gasteiger partial charge in [0.1, 0.15) is 5.25 Å². The Morgan fingerprint density at radius 1 is 1.18 bits per heavy atom. The third-order valence-corrected chi connectivity index (χ3v) is 7.46. The summed E-state index contributed by atoms with van der Waals surface area (Å²) in [5, 5.41) is 8.30. The summed E-state index contributed by atoms with van der Waals surface area (Å²) >= 11 is 2.76. The first-order valence-electron chi connectivity index (χ1n) is 11.1. The van der Waals surface area contributed by atoms with Crippen LogP contribution in [0.1, 0.15) is 61.5 Å². The minimum Gasteiger partial charge on any atom is -0.351 e. The molecule has 10 heteroatoms. The number of aromatic nitrogens is 1. The maximum Gasteiger partial charge on any atom is 0.262 e. The van der Waals surface area contributed by atoms with Crippen LogP contribution in [0, 0.1) is 0 Å². The first kappa shape index (κ1) is 23.4. The molecule has 0 unspecified atom stereocenters. The zero-order valence-electron chi connectivity index (χ0n) is 18.7. The van der Waals surface area contributed by atoms with Gasteiger partial charge in [-0.25, -0.2) is 4.98 Å². The van der Waals surface area contributed by atoms with Crippen LogP contribution in [0.15, 0.2) is 34.6 Å². The zero-order valence-corrected chi connectivity index (χ0v) is 20.3. The molecule has 3 heterocycles. The molecule has 1 saturated heterocycles. The second-order valence-electron chi connectivity index (χ2n) is 8.41. The molecule has 1 aromatic heterocycles. The molecular formula is C23H27N5O3S2. The number of hydrogen-bond donors (Lipinski definition) is 2. The first-order valence-corrected chi connectivity index (χ1v) is 12.9. The maximum absolute atomic E-state index is 12.6. The predicted octanol–water partition coefficient (Wildman–Crippen LogP) is 4.33. The van der Waals surface area contributed by atoms with Crippen molar-refractivity contribution < 1.29 is 14.4 Å². The van der Waals surface area contributed by atoms with E-state index in [-0.39, 0.29) is 30.1 Å². The fraction of sp³-hybridized carbons (Fsp3) is 0.435. The molecule has 1 atom stereocenters. The largest absolute Gasteiger partial charge is 0.351 e. The molecular weight excluding hydrogens is 458 g/mol. The normalized spacial score (nSPS) is 18.4. The lowest BCUT2D eigenvalue weighted by Gasteiger charge is -2.27. The Kier molecular flexibility index (Phi) is 7.44. The lowest BCUT2D eigenvalue weighted by Crippen LogP contribution is -2.33. The highest BCUT2D eigenvalue weighted by Gasteiger charge is 2.33. The van der Waals surface area contributed by atoms with Crippen LogP contribution in [0.4, 0.5) is 10.8 Å². The molecule has 1 fully saturated rings. The molecule has 0 spiro atoms. The van der Waals surface area contributed by atoms with Gasteiger partial charge in [0, 0.05) is 36.1 Å². The van der Waals surface area contributed by atoms with E-state index in [0.29, 0.717) is 16.4 Å². The van der Waals surface area contributed by atoms with E-state index >= 15 is 0 Å². The number of anilines is 2. The van der Waals surface area contributed by atoms with Gasteiger partial charge in [-0.1, -0.05) is 31.7 Å². The van der Waals surface area contributed by atoms with Gasteiger partial charge in [0.25, 0.3) is 11.8 Å². The van der Waals surface area contributed by atoms with E-state index in [9.17, 15) is 14.4 Å². The summed E-state index contributed by atoms with van der Waals surface area (Å²) in [5.74, 6) is -0.545. The summed E-state index contributed by atoms with van der Waals surface area (Å²) in [6.07, 6.45) is 3.44. The number of carbonyl (C=O) groups excluding carboxylic acids is 3. The van der Waals surface area contributed by atoms with Crippen LogP contribution in [0.5, 0.6) is 0 Å². The average Bonchev–Trinajstić information content (AvgIpc) is 3.41. The number of hydrogen-bond acceptors (Lipinski definition) is 7. The van der Waals surface area contributed by atoms with Gasteiger partial charge in [-0.2, -0.15) is 4.99 Å². The highest BCUT2D eigenvalue weighted by molar-refractivity contribution is 8.15. The van der Waals surface area contributed by atoms with Crippen LogP contribution in [-0.2, 0) is 9.59 Å². The molecule has 2 N–H and O–H groups in total. The van der Waals surface area contributed by atoms with Crippen molar-refractivity contribution in [2.24, 2.45) is 4.99 Å². The number of carbonyl (C=O) groups is 3. The average molecular weight is 486 g/mol. The van der Waals surface area contributed by atoms with Gasteiger partial charge in [0.2, 0.25) is 5.91 Å². The van der Waals surface area contributed by atoms with Crippen molar-refractivity contribution in [2.75, 3.05) is 23.7 Å². The summed E-state index contributed by atoms with van der Waals surface area (Å²) in [6.45, 7) is 5.91. The lowest BCUT2D eigenvalue weighted by molar-refractivity contribution is -0.121. The number of likely N-dealkylation sites (tertiary alicyclic amines) is 1. The highest BCUT2D eigenvalue weighted by Crippen LogP contribution is 2.29. The molecule has 0 aliphatic carbocycles. The molecule has 174 valence electrons. The summed E-state index contributed by atoms with van der Waals surface area (Å²) in [6, 6.07) is 6.72. The maximum atomic E-state index is 12.6. The van der Waals surface area contributed by atoms with E-state index in [0.717, 1.165) is 36.8 Å². The van der Waals surface area contributed by atoms with Crippen molar-refractivity contribution in [1.82, 2.24) is 9.88 Å². The van der Waals surface area contributed by atoms with Crippen molar-refractivity contribution >= 4 is 56.8 Å². The second-order valence-corrected chi connectivity index (χ2v) is 10.4. The summed E-state index contributed by atoms with van der Waals surface area (Å²) in [4.78, 5) is 48.2. The molecule has 2 aromatic rings. The van der Waals surface area contributed by atoms with Crippen LogP contribution < -0.4 is 10.6 Å². The minimum absolute atomic E-state index is 0.0395. The second kappa shape index (κ2) is 10.5. The third-order valence-electron chi connectivity index (χ3n) is 5.47. The SMILES string of the molecule is CC(C)c1csc(NC(=O)c2cccc(NC(=O)C[C@H]3SC(N4CCCCC4)=NC3=O)c2)n1. The molecule has 2 aliphatic rings. The number of aliphatic imine (C=N–C) groups is 1. The van der Waals surface area contributed by atoms with Gasteiger partial charge in [0.15, 0.2) is 10.3 Å². The predicted molar refractivity (Wildman–Crippen MR) is 133 cm³/mol. The number of thiazole rings is 1. The van der Waals surface area contributed by atoms with Gasteiger partial charge in [-0.15, -0.1) is 11.3 Å². The molecule has 0 radical (unpaired) electrons. The van der Waals surface area contributed by atoms with Gasteiger partial charge >= 0.3 is 0 Å². The minimum atomic E-state index is -0.506. The Morgan fingerprint density at radius 3 is 2.70 bits per heavy atom. The number of rotatable bonds is 6. The van der Waals surface area contributed by atoms with Crippen molar-refractivity contribution in [3.05, 3.63) is 40.9 Å². The van der Waals surface area contributed by atoms with E-state index in [2.05, 4.69) is 25.5 Å². The fourth-order valence-corrected chi connectivity index (χ4v) is 5.61. The Labute approximate surface area is 201 Å². The van der Waals surface area contributed by atoms with Crippen molar-refractivity contribution in [1.29, 1.82) is 0 Å². The van der Waals surface area contributed by atoms with Gasteiger partial charge in [0.05, 0.1) is 5.69 Å². The fourth-order valence-electron chi connectivity index (χ4n) is 3.63. The van der Waals surface area contributed by atoms with E-state index < -0.39 is 5.25 Å². The molecule has 4 rings (SSSR count). The van der Waals surface area contributed by atoms with E-state index in [4.69, 9.17) is 0 Å². The Balaban J connectivity index is 1.32. The summed E-state index contributed by atoms with van der Waals surface area (Å²) in [5.41, 5.74) is 1.85. The molecule has 2 aliphatic heterocycles. The van der Waals surface area contributed by atoms with E-state index in [1.807, 2.05) is 19.2 Å². The Morgan fingerprint density at radius 2 is 1.97 bits per heavy atom. The van der Waals surface area contributed by atoms with Crippen LogP contribution in [0.25, 0.3) is 0 Å². The highest BCUT2D eigenvalue weighted by atomic mass is 32.2. The standard InChI is InChI=1S/C23H27N5O3S2/c1-14(2)17-13-32-22(25-17)26-20(30)15-7-6-8-16(11-15)24-19(29)12-18-21(31)27-23(33-18)28-9-4-3-5-10-28/h6-8,11,13-14,18H,3-5,9-10,12H2,1-2H3,(H,24,29)(H,25,26,30)/t18-/m1/s1. The van der Waals surface area contributed by atoms with Crippen LogP contribution in [0.2, 0.25) is 0 Å². The quantitative estimate of drug-likeness (QED) is 0.631. The Hall–Kier alpha value is -2.72. The van der Waals surface area contributed by atoms with E-state index in [1.54, 1.807) is 24.3 Å². The number of benzene rings is 1. The molecule has 0 saturated carbocycles. The van der Waals surface area contributed by atoms with Gasteiger partial charge < -0.3 is 10.2 Å². The summed E-state index contributed by atoms with van der Waals surface area (Å²) < 4.78 is 0. The molecule has 0 bridgehead atoms. The van der Waals surface area contributed by atoms with Crippen molar-refractivity contribution in [3.8, 4) is 0 Å². The topological polar surface area (TPSA) is 104 Å². The van der Waals surface area contributed by atoms with Crippen LogP contribution in [-0.4, -0.2) is 51.1 Å². The van der Waals surface area contributed by atoms with Crippen LogP contribution in [0.3, 0.4) is 0 Å². The number of amides is 3. The van der Waals surface area contributed by atoms with Gasteiger partial charge in [-0.05, 0) is 43.4 Å². The van der Waals surface area contributed by atoms with Gasteiger partial charge in [-0.3, -0.25) is 19.7 Å². The third kappa shape index (κ3) is 6.00. The van der Waals surface area contributed by atoms with Crippen molar-refractivity contribution in [3.63, 3.8) is 0 Å². The molecule has 8 nitrogen and oxygen atoms in total. The molecule has 1 aromatic carbocycles. The van der Waals surface area contributed by atoms with Crippen LogP contribution >= 0.6 is 23.1 Å². The number of amidine groups is 1. The number of piperidine rings is 1. The number of thioether (sulfide) groups is 1. The summed E-state index contributed by atoms with van der Waals surface area (Å²) in [7, 11) is 0. The molecule has 3 amide bonds. The van der Waals surface area contributed by atoms with Crippen molar-refractivity contribution in [2.45, 2.75) is 50.7 Å². The Bertz CT molecular complexity index is 1080. The molecule has 33 heavy (non-hydrogen) atoms. The number of nitrogens with one attached hydrogen (secondary N) is 2. The zero-order chi connectivity index (χ0) is 23.4. The van der Waals surface area contributed by atoms with E-state index in [1.165, 1.54) is 29.5 Å². The number of nitrogens with zero attached hydrogens (tertiary/aromatic N) is 3. The lowest BCUT2D eigenvalue weighted by atomic mass is 10.1. The monoisotopic (exact) mass is 485 g/mol. The first-order chi connectivity index (χ1) is 15.9.